The van der Waals surface area contributed by atoms with Crippen LogP contribution in [0.4, 0.5) is 34.1 Å². The number of aryl methyl sites for hydroxylation is 2. The van der Waals surface area contributed by atoms with Gasteiger partial charge in [-0.3, -0.25) is 9.97 Å². The summed E-state index contributed by atoms with van der Waals surface area (Å²) < 4.78 is 12.7. The molecule has 0 unspecified atom stereocenters. The first-order valence-electron chi connectivity index (χ1n) is 29.3. The first-order chi connectivity index (χ1) is 42.4. The van der Waals surface area contributed by atoms with E-state index in [1.807, 2.05) is 36.4 Å². The summed E-state index contributed by atoms with van der Waals surface area (Å²) in [5, 5.41) is 16.6. The maximum Gasteiger partial charge on any atom is 0.137 e. The molecule has 18 aromatic rings. The van der Waals surface area contributed by atoms with Crippen LogP contribution in [0.15, 0.2) is 288 Å². The molecule has 86 heavy (non-hydrogen) atoms. The summed E-state index contributed by atoms with van der Waals surface area (Å²) in [5.74, 6) is 0. The topological polar surface area (TPSA) is 58.5 Å². The SMILES string of the molecule is Cc1nc2cc(-c3ccccc3)cc3c(C)nc4cc(-c5ccccc5)cc1c4c23.c1ccc(N(c2cc3ccc4cc(N(c5ccccc5)c5ccc6c(c5)oc5ccccc56)cc5ccc(c2)c3c45)c2ccc3c(c2)oc2ccccc23)cc1. The van der Waals surface area contributed by atoms with E-state index in [9.17, 15) is 0 Å². The second-order valence-corrected chi connectivity index (χ2v) is 22.5. The molecule has 0 aliphatic heterocycles. The predicted octanol–water partition coefficient (Wildman–Crippen LogP) is 22.6. The second-order valence-electron chi connectivity index (χ2n) is 22.5. The van der Waals surface area contributed by atoms with Crippen molar-refractivity contribution in [2.45, 2.75) is 13.8 Å². The van der Waals surface area contributed by atoms with Crippen LogP contribution >= 0.6 is 0 Å². The van der Waals surface area contributed by atoms with Gasteiger partial charge in [0.1, 0.15) is 22.3 Å². The van der Waals surface area contributed by atoms with Gasteiger partial charge in [-0.1, -0.05) is 158 Å². The van der Waals surface area contributed by atoms with Gasteiger partial charge in [-0.25, -0.2) is 0 Å². The summed E-state index contributed by atoms with van der Waals surface area (Å²) in [6.07, 6.45) is 0. The number of fused-ring (bicyclic) bond motifs is 6. The molecule has 404 valence electrons. The summed E-state index contributed by atoms with van der Waals surface area (Å²) in [4.78, 5) is 14.7. The minimum Gasteiger partial charge on any atom is -0.456 e. The van der Waals surface area contributed by atoms with Crippen LogP contribution in [0.5, 0.6) is 0 Å². The number of nitrogens with zero attached hydrogens (tertiary/aromatic N) is 4. The van der Waals surface area contributed by atoms with Crippen LogP contribution in [0.3, 0.4) is 0 Å². The molecule has 0 aliphatic carbocycles. The number of benzene rings is 14. The van der Waals surface area contributed by atoms with Gasteiger partial charge >= 0.3 is 0 Å². The van der Waals surface area contributed by atoms with Gasteiger partial charge in [0.2, 0.25) is 0 Å². The van der Waals surface area contributed by atoms with Crippen LogP contribution in [-0.4, -0.2) is 9.97 Å². The number of hydrogen-bond acceptors (Lipinski definition) is 6. The summed E-state index contributed by atoms with van der Waals surface area (Å²) in [7, 11) is 0. The molecule has 0 atom stereocenters. The van der Waals surface area contributed by atoms with Crippen molar-refractivity contribution in [2.75, 3.05) is 9.80 Å². The maximum atomic E-state index is 6.35. The fourth-order valence-corrected chi connectivity index (χ4v) is 13.4. The normalized spacial score (nSPS) is 11.8. The molecule has 0 radical (unpaired) electrons. The zero-order valence-electron chi connectivity index (χ0n) is 47.2. The van der Waals surface area contributed by atoms with Crippen LogP contribution in [0, 0.1) is 13.8 Å². The third-order valence-electron chi connectivity index (χ3n) is 17.3. The van der Waals surface area contributed by atoms with E-state index < -0.39 is 0 Å². The number of pyridine rings is 2. The molecule has 0 N–H and O–H groups in total. The summed E-state index contributed by atoms with van der Waals surface area (Å²) in [6, 6.07) is 99.1. The molecule has 14 aromatic carbocycles. The molecule has 0 spiro atoms. The molecule has 18 rings (SSSR count). The Morgan fingerprint density at radius 2 is 0.593 bits per heavy atom. The largest absolute Gasteiger partial charge is 0.456 e. The average Bonchev–Trinajstić information content (AvgIpc) is 1.14. The molecule has 0 fully saturated rings. The molecular formula is C80H52N4O2. The van der Waals surface area contributed by atoms with Gasteiger partial charge in [0.05, 0.1) is 11.0 Å². The third kappa shape index (κ3) is 8.10. The van der Waals surface area contributed by atoms with E-state index in [1.54, 1.807) is 0 Å². The van der Waals surface area contributed by atoms with Crippen molar-refractivity contribution in [2.24, 2.45) is 0 Å². The van der Waals surface area contributed by atoms with Crippen molar-refractivity contribution in [3.05, 3.63) is 290 Å². The van der Waals surface area contributed by atoms with E-state index in [1.165, 1.54) is 76.1 Å². The van der Waals surface area contributed by atoms with E-state index in [-0.39, 0.29) is 0 Å². The number of furan rings is 2. The van der Waals surface area contributed by atoms with Crippen molar-refractivity contribution >= 4 is 143 Å². The Morgan fingerprint density at radius 3 is 0.988 bits per heavy atom. The Labute approximate surface area is 495 Å². The monoisotopic (exact) mass is 1100 g/mol. The zero-order chi connectivity index (χ0) is 57.0. The predicted molar refractivity (Wildman–Crippen MR) is 360 cm³/mol. The molecule has 0 saturated heterocycles. The number of rotatable bonds is 8. The highest BCUT2D eigenvalue weighted by Gasteiger charge is 2.22. The van der Waals surface area contributed by atoms with Crippen LogP contribution < -0.4 is 9.80 Å². The van der Waals surface area contributed by atoms with E-state index in [0.29, 0.717) is 0 Å². The van der Waals surface area contributed by atoms with Crippen LogP contribution in [0.2, 0.25) is 0 Å². The molecule has 4 heterocycles. The third-order valence-corrected chi connectivity index (χ3v) is 17.3. The highest BCUT2D eigenvalue weighted by molar-refractivity contribution is 6.26. The van der Waals surface area contributed by atoms with Gasteiger partial charge in [0.25, 0.3) is 0 Å². The highest BCUT2D eigenvalue weighted by Crippen LogP contribution is 2.47. The standard InChI is InChI=1S/C52H32N2O2.C28H20N2/c1-3-11-37(12-4-1)53(39-23-25-45-43-15-7-9-17-47(43)55-49(45)31-39)41-27-33-19-21-35-29-42(30-36-22-20-34(28-41)51(33)52(35)36)54(38-13-5-2-6-14-38)40-24-26-46-44-16-8-10-18-48(44)56-50(46)32-40;1-17-23-13-21(19-9-5-3-6-10-19)16-26-27(23)28-24(18(2)30-26)14-22(15-25(28)29-17)20-11-7-4-8-12-20/h1-32H;3-16H,1-2H3. The van der Waals surface area contributed by atoms with Crippen LogP contribution in [0.25, 0.3) is 131 Å². The van der Waals surface area contributed by atoms with Crippen molar-refractivity contribution in [1.29, 1.82) is 0 Å². The Kier molecular flexibility index (Phi) is 11.3. The molecule has 6 heteroatoms. The smallest absolute Gasteiger partial charge is 0.137 e. The first kappa shape index (κ1) is 49.3. The molecule has 0 amide bonds. The second kappa shape index (κ2) is 19.7. The maximum absolute atomic E-state index is 6.35. The Hall–Kier alpha value is -11.3. The summed E-state index contributed by atoms with van der Waals surface area (Å²) >= 11 is 0. The van der Waals surface area contributed by atoms with Gasteiger partial charge in [-0.05, 0) is 178 Å². The Bertz CT molecular complexity index is 5210. The Morgan fingerprint density at radius 1 is 0.244 bits per heavy atom. The average molecular weight is 1100 g/mol. The van der Waals surface area contributed by atoms with Gasteiger partial charge in [0, 0.05) is 101 Å². The first-order valence-corrected chi connectivity index (χ1v) is 29.3. The molecule has 4 aromatic heterocycles. The molecule has 0 aliphatic rings. The van der Waals surface area contributed by atoms with Crippen molar-refractivity contribution < 1.29 is 8.83 Å². The van der Waals surface area contributed by atoms with Gasteiger partial charge < -0.3 is 18.6 Å². The van der Waals surface area contributed by atoms with E-state index in [0.717, 1.165) is 100 Å². The van der Waals surface area contributed by atoms with E-state index in [2.05, 4.69) is 266 Å². The molecular weight excluding hydrogens is 1050 g/mol. The number of aromatic nitrogens is 2. The molecule has 0 bridgehead atoms. The highest BCUT2D eigenvalue weighted by atomic mass is 16.3. The van der Waals surface area contributed by atoms with E-state index in [4.69, 9.17) is 18.8 Å². The van der Waals surface area contributed by atoms with Crippen LogP contribution in [0.1, 0.15) is 11.4 Å². The summed E-state index contributed by atoms with van der Waals surface area (Å²) in [5.41, 5.74) is 18.9. The quantitative estimate of drug-likeness (QED) is 0.141. The van der Waals surface area contributed by atoms with Gasteiger partial charge in [-0.15, -0.1) is 0 Å². The fraction of sp³-hybridized carbons (Fsp3) is 0.0250. The van der Waals surface area contributed by atoms with Gasteiger partial charge in [-0.2, -0.15) is 0 Å². The lowest BCUT2D eigenvalue weighted by Gasteiger charge is -2.27. The fourth-order valence-electron chi connectivity index (χ4n) is 13.4. The number of para-hydroxylation sites is 4. The lowest BCUT2D eigenvalue weighted by molar-refractivity contribution is 0.668. The van der Waals surface area contributed by atoms with Crippen molar-refractivity contribution in [3.63, 3.8) is 0 Å². The van der Waals surface area contributed by atoms with Crippen LogP contribution in [-0.2, 0) is 0 Å². The molecule has 6 nitrogen and oxygen atoms in total. The van der Waals surface area contributed by atoms with Gasteiger partial charge in [0.15, 0.2) is 0 Å². The Balaban J connectivity index is 0.000000162. The number of anilines is 6. The zero-order valence-corrected chi connectivity index (χ0v) is 47.2. The van der Waals surface area contributed by atoms with Crippen molar-refractivity contribution in [1.82, 2.24) is 9.97 Å². The molecule has 0 saturated carbocycles. The lowest BCUT2D eigenvalue weighted by atomic mass is 9.92. The van der Waals surface area contributed by atoms with Crippen molar-refractivity contribution in [3.8, 4) is 22.3 Å². The number of hydrogen-bond donors (Lipinski definition) is 0. The minimum atomic E-state index is 0.875. The minimum absolute atomic E-state index is 0.875. The van der Waals surface area contributed by atoms with E-state index >= 15 is 0 Å². The lowest BCUT2D eigenvalue weighted by Crippen LogP contribution is -2.10. The summed E-state index contributed by atoms with van der Waals surface area (Å²) in [6.45, 7) is 4.21.